The number of nitrogen functional groups attached to an aromatic ring is 1. The van der Waals surface area contributed by atoms with Crippen LogP contribution in [0.5, 0.6) is 0 Å². The normalized spacial score (nSPS) is 10.5. The van der Waals surface area contributed by atoms with Crippen LogP contribution < -0.4 is 15.9 Å². The number of halogens is 2. The van der Waals surface area contributed by atoms with Gasteiger partial charge in [0.15, 0.2) is 0 Å². The van der Waals surface area contributed by atoms with Gasteiger partial charge in [-0.15, -0.1) is 0 Å². The monoisotopic (exact) mass is 289 g/mol. The fourth-order valence-electron chi connectivity index (χ4n) is 1.31. The highest BCUT2D eigenvalue weighted by Crippen LogP contribution is 2.30. The van der Waals surface area contributed by atoms with Crippen molar-refractivity contribution in [3.8, 4) is 0 Å². The SMILES string of the molecule is Nc1cc(Cl)c(Cl)cc1NCc1csc(=O)[nH]1. The van der Waals surface area contributed by atoms with Crippen LogP contribution in [0, 0.1) is 0 Å². The van der Waals surface area contributed by atoms with Crippen LogP contribution in [-0.2, 0) is 6.54 Å². The number of aromatic amines is 1. The van der Waals surface area contributed by atoms with Gasteiger partial charge in [0.1, 0.15) is 0 Å². The lowest BCUT2D eigenvalue weighted by atomic mass is 10.2. The Kier molecular flexibility index (Phi) is 3.61. The molecule has 0 saturated heterocycles. The summed E-state index contributed by atoms with van der Waals surface area (Å²) in [5.74, 6) is 0. The van der Waals surface area contributed by atoms with E-state index in [1.54, 1.807) is 17.5 Å². The fourth-order valence-corrected chi connectivity index (χ4v) is 2.22. The minimum absolute atomic E-state index is 0.0797. The number of hydrogen-bond acceptors (Lipinski definition) is 4. The van der Waals surface area contributed by atoms with Gasteiger partial charge in [0.25, 0.3) is 0 Å². The Bertz CT molecular complexity index is 593. The molecular weight excluding hydrogens is 281 g/mol. The third-order valence-electron chi connectivity index (χ3n) is 2.13. The average molecular weight is 290 g/mol. The summed E-state index contributed by atoms with van der Waals surface area (Å²) in [6, 6.07) is 3.24. The predicted molar refractivity (Wildman–Crippen MR) is 73.1 cm³/mol. The molecule has 0 aliphatic rings. The average Bonchev–Trinajstić information content (AvgIpc) is 2.68. The van der Waals surface area contributed by atoms with Crippen LogP contribution in [0.4, 0.5) is 11.4 Å². The Morgan fingerprint density at radius 2 is 2.06 bits per heavy atom. The molecule has 1 heterocycles. The van der Waals surface area contributed by atoms with Gasteiger partial charge in [-0.3, -0.25) is 4.79 Å². The number of nitrogens with one attached hydrogen (secondary N) is 2. The molecule has 4 nitrogen and oxygen atoms in total. The lowest BCUT2D eigenvalue weighted by molar-refractivity contribution is 1.06. The molecule has 0 saturated carbocycles. The number of anilines is 2. The Labute approximate surface area is 111 Å². The van der Waals surface area contributed by atoms with Crippen molar-refractivity contribution in [1.29, 1.82) is 0 Å². The molecule has 1 aromatic carbocycles. The van der Waals surface area contributed by atoms with Gasteiger partial charge in [-0.25, -0.2) is 0 Å². The highest BCUT2D eigenvalue weighted by atomic mass is 35.5. The molecule has 90 valence electrons. The second-order valence-corrected chi connectivity index (χ2v) is 5.04. The molecule has 2 rings (SSSR count). The summed E-state index contributed by atoms with van der Waals surface area (Å²) in [7, 11) is 0. The zero-order valence-corrected chi connectivity index (χ0v) is 10.9. The number of benzene rings is 1. The van der Waals surface area contributed by atoms with Crippen molar-refractivity contribution in [2.75, 3.05) is 11.1 Å². The van der Waals surface area contributed by atoms with Crippen molar-refractivity contribution in [2.24, 2.45) is 0 Å². The summed E-state index contributed by atoms with van der Waals surface area (Å²) in [5.41, 5.74) is 7.78. The van der Waals surface area contributed by atoms with Gasteiger partial charge in [-0.2, -0.15) is 0 Å². The molecule has 1 aromatic heterocycles. The molecule has 0 bridgehead atoms. The van der Waals surface area contributed by atoms with Crippen molar-refractivity contribution < 1.29 is 0 Å². The predicted octanol–water partition coefficient (Wildman–Crippen LogP) is 2.94. The Morgan fingerprint density at radius 3 is 2.71 bits per heavy atom. The third kappa shape index (κ3) is 2.94. The maximum atomic E-state index is 10.9. The van der Waals surface area contributed by atoms with Crippen LogP contribution >= 0.6 is 34.5 Å². The first-order valence-electron chi connectivity index (χ1n) is 4.71. The van der Waals surface area contributed by atoms with E-state index in [0.717, 1.165) is 17.0 Å². The van der Waals surface area contributed by atoms with Gasteiger partial charge in [0.05, 0.1) is 28.0 Å². The molecule has 0 atom stereocenters. The number of aromatic nitrogens is 1. The fraction of sp³-hybridized carbons (Fsp3) is 0.100. The summed E-state index contributed by atoms with van der Waals surface area (Å²) in [6.07, 6.45) is 0. The summed E-state index contributed by atoms with van der Waals surface area (Å²) in [6.45, 7) is 0.473. The van der Waals surface area contributed by atoms with E-state index >= 15 is 0 Å². The first-order valence-corrected chi connectivity index (χ1v) is 6.35. The molecule has 0 aliphatic heterocycles. The lowest BCUT2D eigenvalue weighted by Gasteiger charge is -2.09. The smallest absolute Gasteiger partial charge is 0.304 e. The minimum atomic E-state index is -0.0797. The first kappa shape index (κ1) is 12.3. The van der Waals surface area contributed by atoms with Crippen molar-refractivity contribution >= 4 is 45.9 Å². The highest BCUT2D eigenvalue weighted by Gasteiger charge is 2.05. The molecule has 2 aromatic rings. The van der Waals surface area contributed by atoms with Gasteiger partial charge in [0, 0.05) is 11.1 Å². The Morgan fingerprint density at radius 1 is 1.35 bits per heavy atom. The van der Waals surface area contributed by atoms with Gasteiger partial charge in [0.2, 0.25) is 0 Å². The van der Waals surface area contributed by atoms with Crippen LogP contribution in [0.2, 0.25) is 10.0 Å². The number of hydrogen-bond donors (Lipinski definition) is 3. The van der Waals surface area contributed by atoms with Crippen LogP contribution in [0.3, 0.4) is 0 Å². The molecule has 0 aliphatic carbocycles. The summed E-state index contributed by atoms with van der Waals surface area (Å²) < 4.78 is 0. The van der Waals surface area contributed by atoms with E-state index < -0.39 is 0 Å². The summed E-state index contributed by atoms with van der Waals surface area (Å²) in [5, 5.41) is 5.68. The van der Waals surface area contributed by atoms with Crippen LogP contribution in [0.15, 0.2) is 22.3 Å². The molecular formula is C10H9Cl2N3OS. The van der Waals surface area contributed by atoms with E-state index in [0.29, 0.717) is 28.0 Å². The molecule has 0 spiro atoms. The van der Waals surface area contributed by atoms with Crippen molar-refractivity contribution in [2.45, 2.75) is 6.54 Å². The quantitative estimate of drug-likeness (QED) is 0.761. The standard InChI is InChI=1S/C10H9Cl2N3OS/c11-6-1-8(13)9(2-7(6)12)14-3-5-4-17-10(16)15-5/h1-2,4,14H,3,13H2,(H,15,16). The van der Waals surface area contributed by atoms with Crippen molar-refractivity contribution in [3.05, 3.63) is 42.9 Å². The largest absolute Gasteiger partial charge is 0.397 e. The second kappa shape index (κ2) is 5.00. The number of thiazole rings is 1. The van der Waals surface area contributed by atoms with Gasteiger partial charge >= 0.3 is 4.87 Å². The van der Waals surface area contributed by atoms with Crippen LogP contribution in [0.1, 0.15) is 5.69 Å². The van der Waals surface area contributed by atoms with Crippen LogP contribution in [-0.4, -0.2) is 4.98 Å². The lowest BCUT2D eigenvalue weighted by Crippen LogP contribution is -2.04. The molecule has 7 heteroatoms. The van der Waals surface area contributed by atoms with E-state index in [1.807, 2.05) is 0 Å². The molecule has 0 unspecified atom stereocenters. The van der Waals surface area contributed by atoms with E-state index in [4.69, 9.17) is 28.9 Å². The summed E-state index contributed by atoms with van der Waals surface area (Å²) in [4.78, 5) is 13.6. The minimum Gasteiger partial charge on any atom is -0.397 e. The zero-order chi connectivity index (χ0) is 12.4. The number of H-pyrrole nitrogens is 1. The van der Waals surface area contributed by atoms with Crippen molar-refractivity contribution in [1.82, 2.24) is 4.98 Å². The maximum Gasteiger partial charge on any atom is 0.304 e. The number of nitrogens with two attached hydrogens (primary N) is 1. The van der Waals surface area contributed by atoms with E-state index in [1.165, 1.54) is 0 Å². The van der Waals surface area contributed by atoms with E-state index in [-0.39, 0.29) is 4.87 Å². The van der Waals surface area contributed by atoms with Gasteiger partial charge in [-0.1, -0.05) is 34.5 Å². The Hall–Kier alpha value is -1.17. The van der Waals surface area contributed by atoms with Crippen molar-refractivity contribution in [3.63, 3.8) is 0 Å². The highest BCUT2D eigenvalue weighted by molar-refractivity contribution is 7.07. The third-order valence-corrected chi connectivity index (χ3v) is 3.57. The van der Waals surface area contributed by atoms with E-state index in [2.05, 4.69) is 10.3 Å². The molecule has 4 N–H and O–H groups in total. The van der Waals surface area contributed by atoms with Gasteiger partial charge in [-0.05, 0) is 12.1 Å². The zero-order valence-electron chi connectivity index (χ0n) is 8.59. The molecule has 0 fully saturated rings. The van der Waals surface area contributed by atoms with Crippen LogP contribution in [0.25, 0.3) is 0 Å². The number of rotatable bonds is 3. The second-order valence-electron chi connectivity index (χ2n) is 3.38. The molecule has 17 heavy (non-hydrogen) atoms. The first-order chi connectivity index (χ1) is 8.06. The van der Waals surface area contributed by atoms with E-state index in [9.17, 15) is 4.79 Å². The molecule has 0 amide bonds. The molecule has 0 radical (unpaired) electrons. The topological polar surface area (TPSA) is 70.9 Å². The Balaban J connectivity index is 2.14. The summed E-state index contributed by atoms with van der Waals surface area (Å²) >= 11 is 12.8. The maximum absolute atomic E-state index is 10.9. The van der Waals surface area contributed by atoms with Gasteiger partial charge < -0.3 is 16.0 Å².